The van der Waals surface area contributed by atoms with Gasteiger partial charge in [-0.15, -0.1) is 0 Å². The van der Waals surface area contributed by atoms with Gasteiger partial charge in [0.15, 0.2) is 0 Å². The molecule has 0 saturated carbocycles. The van der Waals surface area contributed by atoms with Gasteiger partial charge in [-0.3, -0.25) is 0 Å². The Morgan fingerprint density at radius 1 is 1.57 bits per heavy atom. The van der Waals surface area contributed by atoms with Gasteiger partial charge < -0.3 is 10.0 Å². The van der Waals surface area contributed by atoms with Gasteiger partial charge in [0.1, 0.15) is 0 Å². The number of likely N-dealkylation sites (N-methyl/N-ethyl adjacent to an activating group) is 1. The summed E-state index contributed by atoms with van der Waals surface area (Å²) in [5.41, 5.74) is -0.414. The van der Waals surface area contributed by atoms with Crippen LogP contribution in [0.2, 0.25) is 0 Å². The van der Waals surface area contributed by atoms with E-state index in [9.17, 15) is 5.11 Å². The standard InChI is InChI=1S/C12H25NO/c1-5-6-10(2)7-12(14)8-11(3)13(4)9-12/h10-11,14H,5-9H2,1-4H3. The third-order valence-corrected chi connectivity index (χ3v) is 3.48. The quantitative estimate of drug-likeness (QED) is 0.751. The summed E-state index contributed by atoms with van der Waals surface area (Å²) in [7, 11) is 2.10. The molecule has 1 fully saturated rings. The molecule has 2 nitrogen and oxygen atoms in total. The molecule has 1 saturated heterocycles. The average Bonchev–Trinajstić information content (AvgIpc) is 2.25. The Labute approximate surface area is 88.3 Å². The van der Waals surface area contributed by atoms with Crippen LogP contribution >= 0.6 is 0 Å². The molecule has 0 aromatic heterocycles. The van der Waals surface area contributed by atoms with Crippen LogP contribution in [0.3, 0.4) is 0 Å². The summed E-state index contributed by atoms with van der Waals surface area (Å²) in [6.07, 6.45) is 4.37. The lowest BCUT2D eigenvalue weighted by Gasteiger charge is -2.25. The van der Waals surface area contributed by atoms with Crippen molar-refractivity contribution in [1.82, 2.24) is 4.90 Å². The van der Waals surface area contributed by atoms with Gasteiger partial charge in [0.05, 0.1) is 5.60 Å². The average molecular weight is 199 g/mol. The lowest BCUT2D eigenvalue weighted by atomic mass is 9.87. The zero-order valence-electron chi connectivity index (χ0n) is 10.1. The van der Waals surface area contributed by atoms with Crippen LogP contribution < -0.4 is 0 Å². The van der Waals surface area contributed by atoms with Crippen molar-refractivity contribution in [2.45, 2.75) is 58.1 Å². The molecule has 0 aliphatic carbocycles. The van der Waals surface area contributed by atoms with Gasteiger partial charge in [0, 0.05) is 12.6 Å². The van der Waals surface area contributed by atoms with E-state index in [-0.39, 0.29) is 0 Å². The van der Waals surface area contributed by atoms with E-state index in [0.717, 1.165) is 19.4 Å². The summed E-state index contributed by atoms with van der Waals surface area (Å²) in [6, 6.07) is 0.536. The van der Waals surface area contributed by atoms with E-state index >= 15 is 0 Å². The minimum atomic E-state index is -0.414. The van der Waals surface area contributed by atoms with Crippen LogP contribution in [0.5, 0.6) is 0 Å². The fraction of sp³-hybridized carbons (Fsp3) is 1.00. The molecule has 0 spiro atoms. The first-order valence-electron chi connectivity index (χ1n) is 5.89. The second-order valence-corrected chi connectivity index (χ2v) is 5.29. The first kappa shape index (κ1) is 12.0. The molecule has 3 atom stereocenters. The maximum absolute atomic E-state index is 10.4. The van der Waals surface area contributed by atoms with Gasteiger partial charge in [-0.05, 0) is 32.7 Å². The fourth-order valence-electron chi connectivity index (χ4n) is 2.78. The van der Waals surface area contributed by atoms with Crippen molar-refractivity contribution in [3.05, 3.63) is 0 Å². The van der Waals surface area contributed by atoms with E-state index in [0.29, 0.717) is 12.0 Å². The fourth-order valence-corrected chi connectivity index (χ4v) is 2.78. The van der Waals surface area contributed by atoms with Gasteiger partial charge >= 0.3 is 0 Å². The van der Waals surface area contributed by atoms with Crippen LogP contribution in [0.25, 0.3) is 0 Å². The summed E-state index contributed by atoms with van der Waals surface area (Å²) < 4.78 is 0. The number of aliphatic hydroxyl groups is 1. The first-order chi connectivity index (χ1) is 6.47. The van der Waals surface area contributed by atoms with E-state index in [2.05, 4.69) is 32.7 Å². The molecule has 1 rings (SSSR count). The normalized spacial score (nSPS) is 36.2. The van der Waals surface area contributed by atoms with Crippen LogP contribution in [0, 0.1) is 5.92 Å². The summed E-state index contributed by atoms with van der Waals surface area (Å²) >= 11 is 0. The Kier molecular flexibility index (Phi) is 3.96. The predicted octanol–water partition coefficient (Wildman–Crippen LogP) is 2.27. The number of rotatable bonds is 4. The van der Waals surface area contributed by atoms with Gasteiger partial charge in [0.2, 0.25) is 0 Å². The highest BCUT2D eigenvalue weighted by Crippen LogP contribution is 2.32. The maximum Gasteiger partial charge on any atom is 0.0791 e. The molecule has 0 aromatic carbocycles. The molecule has 0 radical (unpaired) electrons. The van der Waals surface area contributed by atoms with Gasteiger partial charge in [-0.2, -0.15) is 0 Å². The largest absolute Gasteiger partial charge is 0.388 e. The summed E-state index contributed by atoms with van der Waals surface area (Å²) in [5, 5.41) is 10.4. The monoisotopic (exact) mass is 199 g/mol. The number of likely N-dealkylation sites (tertiary alicyclic amines) is 1. The number of hydrogen-bond acceptors (Lipinski definition) is 2. The van der Waals surface area contributed by atoms with E-state index < -0.39 is 5.60 Å². The molecule has 1 heterocycles. The van der Waals surface area contributed by atoms with Crippen molar-refractivity contribution in [3.8, 4) is 0 Å². The lowest BCUT2D eigenvalue weighted by molar-refractivity contribution is 0.0274. The number of nitrogens with zero attached hydrogens (tertiary/aromatic N) is 1. The molecule has 1 N–H and O–H groups in total. The highest BCUT2D eigenvalue weighted by atomic mass is 16.3. The highest BCUT2D eigenvalue weighted by Gasteiger charge is 2.39. The SMILES string of the molecule is CCCC(C)CC1(O)CC(C)N(C)C1. The maximum atomic E-state index is 10.4. The predicted molar refractivity (Wildman–Crippen MR) is 60.3 cm³/mol. The lowest BCUT2D eigenvalue weighted by Crippen LogP contribution is -2.33. The van der Waals surface area contributed by atoms with Crippen LogP contribution in [0.1, 0.15) is 46.5 Å². The van der Waals surface area contributed by atoms with E-state index in [1.54, 1.807) is 0 Å². The van der Waals surface area contributed by atoms with Gasteiger partial charge in [-0.1, -0.05) is 26.7 Å². The molecule has 0 aromatic rings. The molecule has 0 bridgehead atoms. The van der Waals surface area contributed by atoms with Crippen LogP contribution in [0.4, 0.5) is 0 Å². The van der Waals surface area contributed by atoms with Crippen LogP contribution in [-0.4, -0.2) is 35.2 Å². The van der Waals surface area contributed by atoms with Crippen molar-refractivity contribution < 1.29 is 5.11 Å². The molecular weight excluding hydrogens is 174 g/mol. The molecule has 1 aliphatic rings. The minimum Gasteiger partial charge on any atom is -0.388 e. The Morgan fingerprint density at radius 3 is 2.64 bits per heavy atom. The summed E-state index contributed by atoms with van der Waals surface area (Å²) in [5.74, 6) is 0.656. The van der Waals surface area contributed by atoms with Crippen LogP contribution in [0.15, 0.2) is 0 Å². The first-order valence-corrected chi connectivity index (χ1v) is 5.89. The summed E-state index contributed by atoms with van der Waals surface area (Å²) in [4.78, 5) is 2.26. The second kappa shape index (κ2) is 4.63. The Balaban J connectivity index is 2.43. The van der Waals surface area contributed by atoms with Crippen LogP contribution in [-0.2, 0) is 0 Å². The topological polar surface area (TPSA) is 23.5 Å². The molecule has 3 unspecified atom stereocenters. The molecule has 84 valence electrons. The van der Waals surface area contributed by atoms with E-state index in [1.807, 2.05) is 0 Å². The molecule has 0 amide bonds. The molecule has 2 heteroatoms. The minimum absolute atomic E-state index is 0.414. The zero-order chi connectivity index (χ0) is 10.8. The number of hydrogen-bond donors (Lipinski definition) is 1. The van der Waals surface area contributed by atoms with E-state index in [1.165, 1.54) is 12.8 Å². The van der Waals surface area contributed by atoms with Crippen molar-refractivity contribution in [3.63, 3.8) is 0 Å². The molecule has 1 aliphatic heterocycles. The second-order valence-electron chi connectivity index (χ2n) is 5.29. The zero-order valence-corrected chi connectivity index (χ0v) is 10.1. The Bertz CT molecular complexity index is 171. The third kappa shape index (κ3) is 2.96. The molecule has 14 heavy (non-hydrogen) atoms. The highest BCUT2D eigenvalue weighted by molar-refractivity contribution is 4.94. The smallest absolute Gasteiger partial charge is 0.0791 e. The number of β-amino-alcohol motifs (C(OH)–C–C–N with tert-alkyl or cyclic N) is 1. The van der Waals surface area contributed by atoms with E-state index in [4.69, 9.17) is 0 Å². The van der Waals surface area contributed by atoms with Crippen molar-refractivity contribution >= 4 is 0 Å². The van der Waals surface area contributed by atoms with Gasteiger partial charge in [-0.25, -0.2) is 0 Å². The van der Waals surface area contributed by atoms with Crippen molar-refractivity contribution in [2.75, 3.05) is 13.6 Å². The Hall–Kier alpha value is -0.0800. The third-order valence-electron chi connectivity index (χ3n) is 3.48. The molecular formula is C12H25NO. The van der Waals surface area contributed by atoms with Gasteiger partial charge in [0.25, 0.3) is 0 Å². The Morgan fingerprint density at radius 2 is 2.21 bits per heavy atom. The van der Waals surface area contributed by atoms with Crippen molar-refractivity contribution in [1.29, 1.82) is 0 Å². The summed E-state index contributed by atoms with van der Waals surface area (Å²) in [6.45, 7) is 7.51. The van der Waals surface area contributed by atoms with Crippen molar-refractivity contribution in [2.24, 2.45) is 5.92 Å².